The molecular formula is C12H26S. The Kier molecular flexibility index (Phi) is 6.93. The molecule has 1 heteroatoms. The monoisotopic (exact) mass is 202 g/mol. The van der Waals surface area contributed by atoms with Gasteiger partial charge in [-0.1, -0.05) is 47.5 Å². The van der Waals surface area contributed by atoms with Crippen LogP contribution in [0.4, 0.5) is 0 Å². The van der Waals surface area contributed by atoms with Gasteiger partial charge >= 0.3 is 0 Å². The summed E-state index contributed by atoms with van der Waals surface area (Å²) in [6, 6.07) is 0. The van der Waals surface area contributed by atoms with E-state index in [4.69, 9.17) is 12.6 Å². The topological polar surface area (TPSA) is 0 Å². The smallest absolute Gasteiger partial charge is 0.00474 e. The van der Waals surface area contributed by atoms with Crippen molar-refractivity contribution in [2.75, 3.05) is 0 Å². The molecule has 0 radical (unpaired) electrons. The number of hydrogen-bond acceptors (Lipinski definition) is 1. The molecule has 0 saturated carbocycles. The maximum absolute atomic E-state index is 4.70. The Morgan fingerprint density at radius 2 is 1.62 bits per heavy atom. The van der Waals surface area contributed by atoms with Crippen molar-refractivity contribution in [3.05, 3.63) is 0 Å². The van der Waals surface area contributed by atoms with E-state index in [0.29, 0.717) is 5.25 Å². The van der Waals surface area contributed by atoms with Crippen LogP contribution in [0.15, 0.2) is 0 Å². The van der Waals surface area contributed by atoms with Gasteiger partial charge < -0.3 is 0 Å². The molecule has 0 N–H and O–H groups in total. The molecule has 3 unspecified atom stereocenters. The molecule has 0 rings (SSSR count). The van der Waals surface area contributed by atoms with E-state index in [1.807, 2.05) is 0 Å². The van der Waals surface area contributed by atoms with Crippen LogP contribution in [0.5, 0.6) is 0 Å². The van der Waals surface area contributed by atoms with Crippen LogP contribution in [0, 0.1) is 17.8 Å². The van der Waals surface area contributed by atoms with E-state index in [1.54, 1.807) is 0 Å². The summed E-state index contributed by atoms with van der Waals surface area (Å²) in [5, 5.41) is 0.585. The Labute approximate surface area is 89.9 Å². The van der Waals surface area contributed by atoms with Crippen molar-refractivity contribution in [2.24, 2.45) is 17.8 Å². The van der Waals surface area contributed by atoms with Gasteiger partial charge in [-0.05, 0) is 24.2 Å². The van der Waals surface area contributed by atoms with Crippen LogP contribution < -0.4 is 0 Å². The van der Waals surface area contributed by atoms with E-state index in [9.17, 15) is 0 Å². The number of thiol groups is 1. The van der Waals surface area contributed by atoms with Gasteiger partial charge in [0, 0.05) is 5.25 Å². The summed E-state index contributed by atoms with van der Waals surface area (Å²) in [7, 11) is 0. The average Bonchev–Trinajstić information content (AvgIpc) is 2.04. The SMILES string of the molecule is CCCC(C)C(C(C)C)C(S)CC. The summed E-state index contributed by atoms with van der Waals surface area (Å²) in [5.74, 6) is 2.38. The third-order valence-electron chi connectivity index (χ3n) is 3.03. The lowest BCUT2D eigenvalue weighted by Crippen LogP contribution is -2.27. The van der Waals surface area contributed by atoms with Gasteiger partial charge in [-0.3, -0.25) is 0 Å². The second kappa shape index (κ2) is 6.75. The van der Waals surface area contributed by atoms with E-state index < -0.39 is 0 Å². The molecule has 0 bridgehead atoms. The molecule has 3 atom stereocenters. The Morgan fingerprint density at radius 1 is 1.08 bits per heavy atom. The highest BCUT2D eigenvalue weighted by atomic mass is 32.1. The Hall–Kier alpha value is 0.350. The minimum absolute atomic E-state index is 0.585. The first-order valence-electron chi connectivity index (χ1n) is 5.72. The molecule has 0 aliphatic carbocycles. The predicted molar refractivity (Wildman–Crippen MR) is 65.5 cm³/mol. The van der Waals surface area contributed by atoms with Crippen molar-refractivity contribution in [1.82, 2.24) is 0 Å². The highest BCUT2D eigenvalue weighted by Gasteiger charge is 2.25. The molecule has 0 fully saturated rings. The van der Waals surface area contributed by atoms with Crippen molar-refractivity contribution in [3.8, 4) is 0 Å². The second-order valence-electron chi connectivity index (χ2n) is 4.56. The molecule has 0 saturated heterocycles. The normalized spacial score (nSPS) is 18.7. The van der Waals surface area contributed by atoms with Crippen LogP contribution in [-0.4, -0.2) is 5.25 Å². The van der Waals surface area contributed by atoms with Crippen molar-refractivity contribution in [2.45, 2.75) is 59.1 Å². The first kappa shape index (κ1) is 13.4. The summed E-state index contributed by atoms with van der Waals surface area (Å²) in [4.78, 5) is 0. The van der Waals surface area contributed by atoms with Crippen molar-refractivity contribution < 1.29 is 0 Å². The molecule has 0 amide bonds. The molecular weight excluding hydrogens is 176 g/mol. The fraction of sp³-hybridized carbons (Fsp3) is 1.00. The average molecular weight is 202 g/mol. The van der Waals surface area contributed by atoms with Crippen LogP contribution in [0.1, 0.15) is 53.9 Å². The van der Waals surface area contributed by atoms with Gasteiger partial charge in [0.25, 0.3) is 0 Å². The molecule has 0 heterocycles. The number of hydrogen-bond donors (Lipinski definition) is 1. The van der Waals surface area contributed by atoms with Crippen molar-refractivity contribution in [1.29, 1.82) is 0 Å². The maximum atomic E-state index is 4.70. The van der Waals surface area contributed by atoms with Crippen LogP contribution >= 0.6 is 12.6 Å². The molecule has 0 aromatic heterocycles. The van der Waals surface area contributed by atoms with Gasteiger partial charge in [0.15, 0.2) is 0 Å². The zero-order chi connectivity index (χ0) is 10.4. The molecule has 0 aromatic carbocycles. The Morgan fingerprint density at radius 3 is 1.92 bits per heavy atom. The standard InChI is InChI=1S/C12H26S/c1-6-8-10(5)12(9(3)4)11(13)7-2/h9-13H,6-8H2,1-5H3. The van der Waals surface area contributed by atoms with Gasteiger partial charge in [0.05, 0.1) is 0 Å². The van der Waals surface area contributed by atoms with Gasteiger partial charge in [-0.15, -0.1) is 0 Å². The summed E-state index contributed by atoms with van der Waals surface area (Å²) < 4.78 is 0. The predicted octanol–water partition coefficient (Wildman–Crippen LogP) is 4.40. The first-order chi connectivity index (χ1) is 6.04. The quantitative estimate of drug-likeness (QED) is 0.606. The van der Waals surface area contributed by atoms with Crippen molar-refractivity contribution in [3.63, 3.8) is 0 Å². The lowest BCUT2D eigenvalue weighted by molar-refractivity contribution is 0.247. The zero-order valence-electron chi connectivity index (χ0n) is 9.88. The molecule has 0 aromatic rings. The van der Waals surface area contributed by atoms with E-state index in [0.717, 1.165) is 17.8 Å². The Bertz CT molecular complexity index is 120. The van der Waals surface area contributed by atoms with Crippen LogP contribution in [-0.2, 0) is 0 Å². The van der Waals surface area contributed by atoms with Crippen LogP contribution in [0.25, 0.3) is 0 Å². The lowest BCUT2D eigenvalue weighted by atomic mass is 9.79. The van der Waals surface area contributed by atoms with E-state index in [2.05, 4.69) is 34.6 Å². The summed E-state index contributed by atoms with van der Waals surface area (Å²) in [6.07, 6.45) is 3.84. The third-order valence-corrected chi connectivity index (χ3v) is 3.74. The lowest BCUT2D eigenvalue weighted by Gasteiger charge is -2.31. The minimum Gasteiger partial charge on any atom is -0.176 e. The Balaban J connectivity index is 4.22. The largest absolute Gasteiger partial charge is 0.176 e. The molecule has 0 nitrogen and oxygen atoms in total. The fourth-order valence-corrected chi connectivity index (χ4v) is 3.04. The molecule has 80 valence electrons. The van der Waals surface area contributed by atoms with Crippen LogP contribution in [0.3, 0.4) is 0 Å². The summed E-state index contributed by atoms with van der Waals surface area (Å²) >= 11 is 4.70. The van der Waals surface area contributed by atoms with Gasteiger partial charge in [0.1, 0.15) is 0 Å². The van der Waals surface area contributed by atoms with Crippen molar-refractivity contribution >= 4 is 12.6 Å². The molecule has 0 aliphatic rings. The van der Waals surface area contributed by atoms with Gasteiger partial charge in [-0.2, -0.15) is 12.6 Å². The molecule has 13 heavy (non-hydrogen) atoms. The van der Waals surface area contributed by atoms with E-state index in [1.165, 1.54) is 19.3 Å². The zero-order valence-corrected chi connectivity index (χ0v) is 10.8. The first-order valence-corrected chi connectivity index (χ1v) is 6.24. The highest BCUT2D eigenvalue weighted by molar-refractivity contribution is 7.81. The van der Waals surface area contributed by atoms with E-state index >= 15 is 0 Å². The highest BCUT2D eigenvalue weighted by Crippen LogP contribution is 2.31. The minimum atomic E-state index is 0.585. The molecule has 0 aliphatic heterocycles. The van der Waals surface area contributed by atoms with Gasteiger partial charge in [-0.25, -0.2) is 0 Å². The fourth-order valence-electron chi connectivity index (χ4n) is 2.40. The van der Waals surface area contributed by atoms with E-state index in [-0.39, 0.29) is 0 Å². The molecule has 0 spiro atoms. The summed E-state index contributed by atoms with van der Waals surface area (Å²) in [5.41, 5.74) is 0. The number of rotatable bonds is 6. The maximum Gasteiger partial charge on any atom is 0.00474 e. The second-order valence-corrected chi connectivity index (χ2v) is 5.23. The third kappa shape index (κ3) is 4.39. The van der Waals surface area contributed by atoms with Gasteiger partial charge in [0.2, 0.25) is 0 Å². The van der Waals surface area contributed by atoms with Crippen LogP contribution in [0.2, 0.25) is 0 Å². The summed E-state index contributed by atoms with van der Waals surface area (Å²) in [6.45, 7) is 11.6.